The number of nitro benzene ring substituents is 1. The molecule has 0 atom stereocenters. The number of rotatable bonds is 4. The van der Waals surface area contributed by atoms with E-state index in [2.05, 4.69) is 5.32 Å². The Hall–Kier alpha value is -2.18. The van der Waals surface area contributed by atoms with Gasteiger partial charge in [0, 0.05) is 12.6 Å². The predicted octanol–water partition coefficient (Wildman–Crippen LogP) is 2.80. The van der Waals surface area contributed by atoms with Gasteiger partial charge in [-0.05, 0) is 32.8 Å². The van der Waals surface area contributed by atoms with Crippen molar-refractivity contribution in [3.63, 3.8) is 0 Å². The highest BCUT2D eigenvalue weighted by atomic mass is 19.1. The zero-order valence-electron chi connectivity index (χ0n) is 11.6. The highest BCUT2D eigenvalue weighted by Gasteiger charge is 2.18. The van der Waals surface area contributed by atoms with E-state index in [1.165, 1.54) is 12.1 Å². The third-order valence-electron chi connectivity index (χ3n) is 2.32. The van der Waals surface area contributed by atoms with Crippen molar-refractivity contribution in [2.45, 2.75) is 32.8 Å². The van der Waals surface area contributed by atoms with Crippen molar-refractivity contribution in [1.29, 1.82) is 0 Å². The Kier molecular flexibility index (Phi) is 5.01. The van der Waals surface area contributed by atoms with Crippen LogP contribution in [-0.2, 0) is 11.2 Å². The molecule has 1 aromatic carbocycles. The van der Waals surface area contributed by atoms with Gasteiger partial charge in [0.05, 0.1) is 4.92 Å². The number of amides is 1. The number of benzene rings is 1. The highest BCUT2D eigenvalue weighted by Crippen LogP contribution is 2.20. The molecule has 0 unspecified atom stereocenters. The molecule has 0 aliphatic heterocycles. The minimum absolute atomic E-state index is 0.132. The molecule has 1 amide bonds. The van der Waals surface area contributed by atoms with Crippen LogP contribution in [0.5, 0.6) is 0 Å². The smallest absolute Gasteiger partial charge is 0.407 e. The van der Waals surface area contributed by atoms with Crippen molar-refractivity contribution in [3.8, 4) is 0 Å². The van der Waals surface area contributed by atoms with E-state index in [-0.39, 0.29) is 18.5 Å². The summed E-state index contributed by atoms with van der Waals surface area (Å²) >= 11 is 0. The number of alkyl carbamates (subject to hydrolysis) is 1. The topological polar surface area (TPSA) is 81.5 Å². The molecule has 1 aromatic rings. The van der Waals surface area contributed by atoms with Gasteiger partial charge in [0.25, 0.3) is 0 Å². The number of carbonyl (C=O) groups excluding carboxylic acids is 1. The Morgan fingerprint density at radius 2 is 2.10 bits per heavy atom. The van der Waals surface area contributed by atoms with Gasteiger partial charge in [-0.15, -0.1) is 0 Å². The van der Waals surface area contributed by atoms with E-state index in [0.717, 1.165) is 6.07 Å². The minimum Gasteiger partial charge on any atom is -0.444 e. The zero-order chi connectivity index (χ0) is 15.3. The Bertz CT molecular complexity index is 512. The van der Waals surface area contributed by atoms with E-state index in [4.69, 9.17) is 4.74 Å². The van der Waals surface area contributed by atoms with E-state index in [0.29, 0.717) is 0 Å². The van der Waals surface area contributed by atoms with Crippen LogP contribution in [-0.4, -0.2) is 23.2 Å². The van der Waals surface area contributed by atoms with Crippen LogP contribution in [0, 0.1) is 15.9 Å². The number of halogens is 1. The summed E-state index contributed by atoms with van der Waals surface area (Å²) < 4.78 is 18.7. The van der Waals surface area contributed by atoms with Gasteiger partial charge in [0.15, 0.2) is 0 Å². The standard InChI is InChI=1S/C13H17FN2O4/c1-13(2,3)20-12(17)15-8-7-9-5-4-6-10(11(9)14)16(18)19/h4-6H,7-8H2,1-3H3,(H,15,17). The van der Waals surface area contributed by atoms with E-state index in [9.17, 15) is 19.3 Å². The number of nitrogens with one attached hydrogen (secondary N) is 1. The van der Waals surface area contributed by atoms with Crippen molar-refractivity contribution in [1.82, 2.24) is 5.32 Å². The second-order valence-electron chi connectivity index (χ2n) is 5.19. The maximum Gasteiger partial charge on any atom is 0.407 e. The lowest BCUT2D eigenvalue weighted by molar-refractivity contribution is -0.387. The van der Waals surface area contributed by atoms with Gasteiger partial charge >= 0.3 is 11.8 Å². The first-order valence-electron chi connectivity index (χ1n) is 6.09. The van der Waals surface area contributed by atoms with Gasteiger partial charge in [0.2, 0.25) is 5.82 Å². The molecule has 0 radical (unpaired) electrons. The fourth-order valence-electron chi connectivity index (χ4n) is 1.51. The molecule has 0 aromatic heterocycles. The van der Waals surface area contributed by atoms with Crippen LogP contribution in [0.15, 0.2) is 18.2 Å². The van der Waals surface area contributed by atoms with Crippen LogP contribution in [0.4, 0.5) is 14.9 Å². The van der Waals surface area contributed by atoms with E-state index in [1.807, 2.05) is 0 Å². The lowest BCUT2D eigenvalue weighted by atomic mass is 10.1. The van der Waals surface area contributed by atoms with E-state index in [1.54, 1.807) is 20.8 Å². The largest absolute Gasteiger partial charge is 0.444 e. The number of nitro groups is 1. The first kappa shape index (κ1) is 15.9. The van der Waals surface area contributed by atoms with Gasteiger partial charge in [-0.1, -0.05) is 12.1 Å². The van der Waals surface area contributed by atoms with Gasteiger partial charge < -0.3 is 10.1 Å². The van der Waals surface area contributed by atoms with Crippen LogP contribution in [0.2, 0.25) is 0 Å². The van der Waals surface area contributed by atoms with Crippen LogP contribution >= 0.6 is 0 Å². The van der Waals surface area contributed by atoms with Crippen LogP contribution < -0.4 is 5.32 Å². The average molecular weight is 284 g/mol. The third kappa shape index (κ3) is 4.83. The normalized spacial score (nSPS) is 11.0. The second kappa shape index (κ2) is 6.31. The summed E-state index contributed by atoms with van der Waals surface area (Å²) in [4.78, 5) is 21.2. The van der Waals surface area contributed by atoms with Crippen molar-refractivity contribution < 1.29 is 18.8 Å². The Morgan fingerprint density at radius 3 is 2.65 bits per heavy atom. The lowest BCUT2D eigenvalue weighted by Gasteiger charge is -2.19. The summed E-state index contributed by atoms with van der Waals surface area (Å²) in [5.41, 5.74) is -1.00. The van der Waals surface area contributed by atoms with E-state index < -0.39 is 28.1 Å². The molecule has 110 valence electrons. The van der Waals surface area contributed by atoms with Crippen molar-refractivity contribution >= 4 is 11.8 Å². The zero-order valence-corrected chi connectivity index (χ0v) is 11.6. The van der Waals surface area contributed by atoms with Crippen LogP contribution in [0.25, 0.3) is 0 Å². The summed E-state index contributed by atoms with van der Waals surface area (Å²) in [6, 6.07) is 3.95. The van der Waals surface area contributed by atoms with Crippen LogP contribution in [0.3, 0.4) is 0 Å². The number of nitrogens with zero attached hydrogens (tertiary/aromatic N) is 1. The fourth-order valence-corrected chi connectivity index (χ4v) is 1.51. The Balaban J connectivity index is 2.57. The molecular formula is C13H17FN2O4. The molecule has 0 bridgehead atoms. The first-order chi connectivity index (χ1) is 9.20. The van der Waals surface area contributed by atoms with Crippen molar-refractivity contribution in [2.24, 2.45) is 0 Å². The summed E-state index contributed by atoms with van der Waals surface area (Å²) in [5, 5.41) is 13.1. The predicted molar refractivity (Wildman–Crippen MR) is 71.0 cm³/mol. The number of hydrogen-bond donors (Lipinski definition) is 1. The molecule has 0 aliphatic rings. The molecule has 0 heterocycles. The quantitative estimate of drug-likeness (QED) is 0.681. The molecule has 20 heavy (non-hydrogen) atoms. The molecule has 1 rings (SSSR count). The average Bonchev–Trinajstić information content (AvgIpc) is 2.28. The molecular weight excluding hydrogens is 267 g/mol. The molecule has 7 heteroatoms. The SMILES string of the molecule is CC(C)(C)OC(=O)NCCc1cccc([N+](=O)[O-])c1F. The fraction of sp³-hybridized carbons (Fsp3) is 0.462. The first-order valence-corrected chi connectivity index (χ1v) is 6.09. The molecule has 0 aliphatic carbocycles. The number of ether oxygens (including phenoxy) is 1. The maximum absolute atomic E-state index is 13.7. The second-order valence-corrected chi connectivity index (χ2v) is 5.19. The molecule has 1 N–H and O–H groups in total. The maximum atomic E-state index is 13.7. The van der Waals surface area contributed by atoms with Crippen LogP contribution in [0.1, 0.15) is 26.3 Å². The monoisotopic (exact) mass is 284 g/mol. The van der Waals surface area contributed by atoms with Gasteiger partial charge in [-0.2, -0.15) is 4.39 Å². The molecule has 0 fully saturated rings. The summed E-state index contributed by atoms with van der Waals surface area (Å²) in [5.74, 6) is -0.872. The lowest BCUT2D eigenvalue weighted by Crippen LogP contribution is -2.33. The van der Waals surface area contributed by atoms with Crippen molar-refractivity contribution in [3.05, 3.63) is 39.7 Å². The summed E-state index contributed by atoms with van der Waals surface area (Å²) in [6.07, 6.45) is -0.462. The van der Waals surface area contributed by atoms with Gasteiger partial charge in [-0.3, -0.25) is 10.1 Å². The summed E-state index contributed by atoms with van der Waals surface area (Å²) in [6.45, 7) is 5.32. The van der Waals surface area contributed by atoms with Gasteiger partial charge in [0.1, 0.15) is 5.60 Å². The summed E-state index contributed by atoms with van der Waals surface area (Å²) in [7, 11) is 0. The molecule has 0 saturated heterocycles. The van der Waals surface area contributed by atoms with E-state index >= 15 is 0 Å². The Labute approximate surface area is 116 Å². The highest BCUT2D eigenvalue weighted by molar-refractivity contribution is 5.67. The molecule has 0 spiro atoms. The molecule has 6 nitrogen and oxygen atoms in total. The Morgan fingerprint density at radius 1 is 1.45 bits per heavy atom. The minimum atomic E-state index is -0.872. The number of hydrogen-bond acceptors (Lipinski definition) is 4. The molecule has 0 saturated carbocycles. The number of carbonyl (C=O) groups is 1. The third-order valence-corrected chi connectivity index (χ3v) is 2.32. The van der Waals surface area contributed by atoms with Gasteiger partial charge in [-0.25, -0.2) is 4.79 Å². The van der Waals surface area contributed by atoms with Crippen molar-refractivity contribution in [2.75, 3.05) is 6.54 Å².